The van der Waals surface area contributed by atoms with Crippen LogP contribution in [0.4, 0.5) is 4.39 Å². The summed E-state index contributed by atoms with van der Waals surface area (Å²) in [6.07, 6.45) is 3.15. The number of halogens is 1. The maximum atomic E-state index is 13.5. The van der Waals surface area contributed by atoms with Crippen molar-refractivity contribution in [2.45, 2.75) is 38.9 Å². The number of hydrogen-bond donors (Lipinski definition) is 1. The first kappa shape index (κ1) is 16.8. The third kappa shape index (κ3) is 2.97. The SMILES string of the molecule is CC1(C)OB(C(=Cc2ccnc(F)c2C=O)CO)OC1(C)C. The lowest BCUT2D eigenvalue weighted by molar-refractivity contribution is 0.00578. The standard InChI is InChI=1S/C15H19BFNO4/c1-14(2)15(3,4)22-16(21-14)11(8-19)7-10-5-6-18-13(17)12(10)9-20/h5-7,9,19H,8H2,1-4H3. The minimum atomic E-state index is -0.852. The lowest BCUT2D eigenvalue weighted by Crippen LogP contribution is -2.41. The fourth-order valence-electron chi connectivity index (χ4n) is 2.09. The van der Waals surface area contributed by atoms with E-state index in [2.05, 4.69) is 4.98 Å². The van der Waals surface area contributed by atoms with E-state index >= 15 is 0 Å². The van der Waals surface area contributed by atoms with Crippen LogP contribution in [0.25, 0.3) is 6.08 Å². The van der Waals surface area contributed by atoms with Crippen LogP contribution >= 0.6 is 0 Å². The highest BCUT2D eigenvalue weighted by Gasteiger charge is 2.52. The molecule has 0 bridgehead atoms. The molecule has 1 fully saturated rings. The van der Waals surface area contributed by atoms with Gasteiger partial charge in [0.25, 0.3) is 0 Å². The first-order valence-corrected chi connectivity index (χ1v) is 6.98. The molecule has 0 saturated carbocycles. The van der Waals surface area contributed by atoms with E-state index in [4.69, 9.17) is 9.31 Å². The van der Waals surface area contributed by atoms with E-state index in [9.17, 15) is 14.3 Å². The second-order valence-corrected chi connectivity index (χ2v) is 6.19. The van der Waals surface area contributed by atoms with Gasteiger partial charge in [0.15, 0.2) is 6.29 Å². The summed E-state index contributed by atoms with van der Waals surface area (Å²) < 4.78 is 25.2. The Morgan fingerprint density at radius 2 is 1.95 bits per heavy atom. The van der Waals surface area contributed by atoms with Crippen LogP contribution in [0.2, 0.25) is 0 Å². The summed E-state index contributed by atoms with van der Waals surface area (Å²) in [6.45, 7) is 7.24. The van der Waals surface area contributed by atoms with Crippen LogP contribution in [0.15, 0.2) is 17.7 Å². The van der Waals surface area contributed by atoms with Crippen molar-refractivity contribution < 1.29 is 23.6 Å². The molecule has 1 aliphatic rings. The molecule has 2 rings (SSSR count). The molecule has 1 aliphatic heterocycles. The molecule has 0 radical (unpaired) electrons. The van der Waals surface area contributed by atoms with E-state index in [1.54, 1.807) is 0 Å². The Labute approximate surface area is 129 Å². The number of carbonyl (C=O) groups excluding carboxylic acids is 1. The zero-order chi connectivity index (χ0) is 16.5. The number of aromatic nitrogens is 1. The molecule has 0 amide bonds. The van der Waals surface area contributed by atoms with Gasteiger partial charge in [-0.2, -0.15) is 4.39 Å². The lowest BCUT2D eigenvalue weighted by Gasteiger charge is -2.32. The average molecular weight is 307 g/mol. The summed E-state index contributed by atoms with van der Waals surface area (Å²) in [7, 11) is -0.759. The summed E-state index contributed by atoms with van der Waals surface area (Å²) in [5.41, 5.74) is -0.537. The van der Waals surface area contributed by atoms with Crippen molar-refractivity contribution in [1.82, 2.24) is 4.98 Å². The second-order valence-electron chi connectivity index (χ2n) is 6.19. The van der Waals surface area contributed by atoms with Crippen molar-refractivity contribution in [3.05, 3.63) is 34.8 Å². The van der Waals surface area contributed by atoms with Crippen LogP contribution in [0.1, 0.15) is 43.6 Å². The van der Waals surface area contributed by atoms with Crippen LogP contribution in [0, 0.1) is 5.95 Å². The molecule has 1 N–H and O–H groups in total. The molecule has 0 atom stereocenters. The molecule has 0 aliphatic carbocycles. The van der Waals surface area contributed by atoms with E-state index in [0.717, 1.165) is 0 Å². The molecule has 22 heavy (non-hydrogen) atoms. The average Bonchev–Trinajstić information content (AvgIpc) is 2.64. The molecule has 0 spiro atoms. The van der Waals surface area contributed by atoms with Gasteiger partial charge in [-0.05, 0) is 44.8 Å². The zero-order valence-electron chi connectivity index (χ0n) is 13.1. The van der Waals surface area contributed by atoms with Crippen LogP contribution in [-0.4, -0.2) is 41.3 Å². The lowest BCUT2D eigenvalue weighted by atomic mass is 9.77. The largest absolute Gasteiger partial charge is 0.492 e. The zero-order valence-corrected chi connectivity index (χ0v) is 13.1. The summed E-state index contributed by atoms with van der Waals surface area (Å²) >= 11 is 0. The second kappa shape index (κ2) is 5.91. The predicted octanol–water partition coefficient (Wildman–Crippen LogP) is 2.04. The maximum absolute atomic E-state index is 13.5. The normalized spacial score (nSPS) is 20.3. The third-order valence-electron chi connectivity index (χ3n) is 4.17. The highest BCUT2D eigenvalue weighted by Crippen LogP contribution is 2.38. The van der Waals surface area contributed by atoms with Gasteiger partial charge in [0, 0.05) is 6.20 Å². The molecule has 1 aromatic rings. The number of pyridine rings is 1. The van der Waals surface area contributed by atoms with Crippen LogP contribution in [-0.2, 0) is 9.31 Å². The molecule has 5 nitrogen and oxygen atoms in total. The van der Waals surface area contributed by atoms with Gasteiger partial charge >= 0.3 is 7.12 Å². The van der Waals surface area contributed by atoms with Gasteiger partial charge in [-0.1, -0.05) is 6.08 Å². The number of nitrogens with zero attached hydrogens (tertiary/aromatic N) is 1. The van der Waals surface area contributed by atoms with E-state index < -0.39 is 24.3 Å². The minimum Gasteiger partial charge on any atom is -0.400 e. The van der Waals surface area contributed by atoms with Gasteiger partial charge in [-0.25, -0.2) is 4.98 Å². The Hall–Kier alpha value is -1.57. The maximum Gasteiger partial charge on any atom is 0.492 e. The van der Waals surface area contributed by atoms with Crippen molar-refractivity contribution in [2.75, 3.05) is 6.61 Å². The van der Waals surface area contributed by atoms with Crippen LogP contribution in [0.5, 0.6) is 0 Å². The van der Waals surface area contributed by atoms with Crippen molar-refractivity contribution in [3.8, 4) is 0 Å². The van der Waals surface area contributed by atoms with Gasteiger partial charge < -0.3 is 14.4 Å². The summed E-state index contributed by atoms with van der Waals surface area (Å²) in [5.74, 6) is -0.852. The molecule has 118 valence electrons. The molecule has 2 heterocycles. The molecule has 1 aromatic heterocycles. The van der Waals surface area contributed by atoms with Crippen LogP contribution in [0.3, 0.4) is 0 Å². The number of carbonyl (C=O) groups is 1. The van der Waals surface area contributed by atoms with Crippen molar-refractivity contribution in [3.63, 3.8) is 0 Å². The highest BCUT2D eigenvalue weighted by molar-refractivity contribution is 6.55. The van der Waals surface area contributed by atoms with Gasteiger partial charge in [0.1, 0.15) is 0 Å². The Balaban J connectivity index is 2.38. The monoisotopic (exact) mass is 307 g/mol. The smallest absolute Gasteiger partial charge is 0.400 e. The number of rotatable bonds is 4. The van der Waals surface area contributed by atoms with Crippen LogP contribution < -0.4 is 0 Å². The van der Waals surface area contributed by atoms with E-state index in [1.807, 2.05) is 27.7 Å². The fraction of sp³-hybridized carbons (Fsp3) is 0.467. The Bertz CT molecular complexity index is 600. The Morgan fingerprint density at radius 1 is 1.36 bits per heavy atom. The fourth-order valence-corrected chi connectivity index (χ4v) is 2.09. The highest BCUT2D eigenvalue weighted by atomic mass is 19.1. The van der Waals surface area contributed by atoms with Gasteiger partial charge in [0.05, 0.1) is 23.4 Å². The minimum absolute atomic E-state index is 0.162. The number of hydrogen-bond acceptors (Lipinski definition) is 5. The molecule has 1 saturated heterocycles. The first-order chi connectivity index (χ1) is 10.2. The quantitative estimate of drug-likeness (QED) is 0.524. The van der Waals surface area contributed by atoms with Crippen molar-refractivity contribution in [1.29, 1.82) is 0 Å². The molecule has 0 unspecified atom stereocenters. The van der Waals surface area contributed by atoms with Crippen molar-refractivity contribution in [2.24, 2.45) is 0 Å². The molecule has 0 aromatic carbocycles. The Kier molecular flexibility index (Phi) is 4.51. The van der Waals surface area contributed by atoms with Gasteiger partial charge in [-0.3, -0.25) is 4.79 Å². The summed E-state index contributed by atoms with van der Waals surface area (Å²) in [4.78, 5) is 14.4. The van der Waals surface area contributed by atoms with Gasteiger partial charge in [0.2, 0.25) is 5.95 Å². The Morgan fingerprint density at radius 3 is 2.45 bits per heavy atom. The topological polar surface area (TPSA) is 68.7 Å². The summed E-state index contributed by atoms with van der Waals surface area (Å²) in [6, 6.07) is 1.49. The van der Waals surface area contributed by atoms with E-state index in [0.29, 0.717) is 17.3 Å². The van der Waals surface area contributed by atoms with E-state index in [-0.39, 0.29) is 12.2 Å². The van der Waals surface area contributed by atoms with E-state index in [1.165, 1.54) is 18.3 Å². The molecule has 7 heteroatoms. The van der Waals surface area contributed by atoms with Crippen molar-refractivity contribution >= 4 is 19.5 Å². The molecular formula is C15H19BFNO4. The predicted molar refractivity (Wildman–Crippen MR) is 80.7 cm³/mol. The molecular weight excluding hydrogens is 288 g/mol. The summed E-state index contributed by atoms with van der Waals surface area (Å²) in [5, 5.41) is 9.60. The number of aliphatic hydroxyl groups is 1. The number of aliphatic hydroxyl groups excluding tert-OH is 1. The first-order valence-electron chi connectivity index (χ1n) is 6.98. The van der Waals surface area contributed by atoms with Gasteiger partial charge in [-0.15, -0.1) is 0 Å². The number of aldehydes is 1. The third-order valence-corrected chi connectivity index (χ3v) is 4.17.